The fourth-order valence-corrected chi connectivity index (χ4v) is 4.01. The van der Waals surface area contributed by atoms with Crippen LogP contribution in [0.2, 0.25) is 0 Å². The highest BCUT2D eigenvalue weighted by Crippen LogP contribution is 2.48. The lowest BCUT2D eigenvalue weighted by Gasteiger charge is -2.38. The van der Waals surface area contributed by atoms with E-state index in [1.807, 2.05) is 30.3 Å². The lowest BCUT2D eigenvalue weighted by Crippen LogP contribution is -2.33. The van der Waals surface area contributed by atoms with E-state index < -0.39 is 16.1 Å². The van der Waals surface area contributed by atoms with Gasteiger partial charge in [0.15, 0.2) is 0 Å². The maximum Gasteiger partial charge on any atom is 0.270 e. The molecule has 3 aromatic carbocycles. The molecule has 0 amide bonds. The van der Waals surface area contributed by atoms with Gasteiger partial charge in [0, 0.05) is 41.8 Å². The minimum Gasteiger partial charge on any atom is -0.464 e. The Kier molecular flexibility index (Phi) is 4.36. The van der Waals surface area contributed by atoms with Crippen LogP contribution in [0.15, 0.2) is 77.9 Å². The second kappa shape index (κ2) is 7.21. The zero-order chi connectivity index (χ0) is 21.5. The van der Waals surface area contributed by atoms with Crippen LogP contribution in [-0.4, -0.2) is 20.6 Å². The van der Waals surface area contributed by atoms with Crippen molar-refractivity contribution in [3.63, 3.8) is 0 Å². The molecule has 0 bridgehead atoms. The van der Waals surface area contributed by atoms with Gasteiger partial charge in [-0.1, -0.05) is 42.5 Å². The van der Waals surface area contributed by atoms with Crippen LogP contribution in [0.5, 0.6) is 5.75 Å². The molecule has 9 heteroatoms. The van der Waals surface area contributed by atoms with E-state index in [-0.39, 0.29) is 17.4 Å². The van der Waals surface area contributed by atoms with Crippen LogP contribution in [0.3, 0.4) is 0 Å². The Labute approximate surface area is 176 Å². The molecule has 5 rings (SSSR count). The molecule has 3 aromatic rings. The highest BCUT2D eigenvalue weighted by Gasteiger charge is 2.42. The minimum absolute atomic E-state index is 0.0238. The van der Waals surface area contributed by atoms with Gasteiger partial charge in [-0.25, -0.2) is 5.01 Å². The summed E-state index contributed by atoms with van der Waals surface area (Å²) in [6, 6.07) is 20.1. The van der Waals surface area contributed by atoms with E-state index in [1.165, 1.54) is 24.3 Å². The third-order valence-corrected chi connectivity index (χ3v) is 5.46. The zero-order valence-corrected chi connectivity index (χ0v) is 16.1. The van der Waals surface area contributed by atoms with E-state index >= 15 is 0 Å². The molecule has 0 fully saturated rings. The van der Waals surface area contributed by atoms with Gasteiger partial charge in [-0.05, 0) is 11.6 Å². The molecule has 154 valence electrons. The molecular formula is C22H16N4O5. The van der Waals surface area contributed by atoms with Gasteiger partial charge in [0.25, 0.3) is 11.4 Å². The molecule has 2 aliphatic heterocycles. The number of non-ortho nitro benzene ring substituents is 2. The first-order valence-corrected chi connectivity index (χ1v) is 9.62. The largest absolute Gasteiger partial charge is 0.464 e. The van der Waals surface area contributed by atoms with Crippen molar-refractivity contribution >= 4 is 17.1 Å². The number of ether oxygens (including phenoxy) is 1. The van der Waals surface area contributed by atoms with Gasteiger partial charge < -0.3 is 4.74 Å². The highest BCUT2D eigenvalue weighted by atomic mass is 16.6. The van der Waals surface area contributed by atoms with Gasteiger partial charge >= 0.3 is 0 Å². The van der Waals surface area contributed by atoms with Gasteiger partial charge in [-0.2, -0.15) is 5.10 Å². The molecule has 2 heterocycles. The second-order valence-corrected chi connectivity index (χ2v) is 7.31. The molecule has 2 aliphatic rings. The Morgan fingerprint density at radius 1 is 0.903 bits per heavy atom. The number of nitrogens with zero attached hydrogens (tertiary/aromatic N) is 4. The Morgan fingerprint density at radius 2 is 1.65 bits per heavy atom. The first-order valence-electron chi connectivity index (χ1n) is 9.62. The highest BCUT2D eigenvalue weighted by molar-refractivity contribution is 6.01. The molecule has 0 aliphatic carbocycles. The third kappa shape index (κ3) is 3.25. The molecule has 0 aromatic heterocycles. The Balaban J connectivity index is 1.62. The van der Waals surface area contributed by atoms with Crippen molar-refractivity contribution in [3.05, 3.63) is 110 Å². The number of nitro groups is 2. The lowest BCUT2D eigenvalue weighted by molar-refractivity contribution is -0.385. The summed E-state index contributed by atoms with van der Waals surface area (Å²) in [5.74, 6) is 0.507. The maximum absolute atomic E-state index is 11.3. The summed E-state index contributed by atoms with van der Waals surface area (Å²) in [7, 11) is 0. The number of hydrazone groups is 1. The number of benzene rings is 3. The normalized spacial score (nSPS) is 19.1. The quantitative estimate of drug-likeness (QED) is 0.448. The van der Waals surface area contributed by atoms with Gasteiger partial charge in [-0.15, -0.1) is 0 Å². The second-order valence-electron chi connectivity index (χ2n) is 7.31. The summed E-state index contributed by atoms with van der Waals surface area (Å²) in [6.07, 6.45) is -0.160. The van der Waals surface area contributed by atoms with Gasteiger partial charge in [0.05, 0.1) is 21.6 Å². The van der Waals surface area contributed by atoms with Gasteiger partial charge in [0.1, 0.15) is 5.75 Å². The smallest absolute Gasteiger partial charge is 0.270 e. The van der Waals surface area contributed by atoms with Crippen LogP contribution in [0, 0.1) is 20.2 Å². The number of hydrogen-bond acceptors (Lipinski definition) is 7. The molecule has 0 unspecified atom stereocenters. The molecule has 0 saturated heterocycles. The van der Waals surface area contributed by atoms with Crippen molar-refractivity contribution in [1.29, 1.82) is 0 Å². The molecule has 31 heavy (non-hydrogen) atoms. The molecule has 0 spiro atoms. The number of nitro benzene ring substituents is 2. The van der Waals surface area contributed by atoms with Crippen LogP contribution in [0.1, 0.15) is 35.4 Å². The first kappa shape index (κ1) is 18.7. The predicted molar refractivity (Wildman–Crippen MR) is 112 cm³/mol. The van der Waals surface area contributed by atoms with E-state index in [4.69, 9.17) is 9.84 Å². The van der Waals surface area contributed by atoms with Crippen LogP contribution < -0.4 is 4.74 Å². The van der Waals surface area contributed by atoms with Crippen LogP contribution in [0.4, 0.5) is 11.4 Å². The topological polar surface area (TPSA) is 111 Å². The molecule has 9 nitrogen and oxygen atoms in total. The third-order valence-electron chi connectivity index (χ3n) is 5.46. The van der Waals surface area contributed by atoms with Crippen molar-refractivity contribution in [1.82, 2.24) is 5.01 Å². The molecule has 0 saturated carbocycles. The van der Waals surface area contributed by atoms with E-state index in [2.05, 4.69) is 0 Å². The van der Waals surface area contributed by atoms with Crippen molar-refractivity contribution in [2.75, 3.05) is 0 Å². The summed E-state index contributed by atoms with van der Waals surface area (Å²) in [4.78, 5) is 21.7. The molecule has 2 atom stereocenters. The first-order chi connectivity index (χ1) is 15.0. The SMILES string of the molecule is O=[N+]([O-])c1cccc([C@H]2Oc3ccc([N+](=O)[O-])cc3[C@H]3CC(c4ccccc4)=NN32)c1. The molecule has 0 N–H and O–H groups in total. The van der Waals surface area contributed by atoms with Crippen LogP contribution >= 0.6 is 0 Å². The van der Waals surface area contributed by atoms with Crippen molar-refractivity contribution in [3.8, 4) is 5.75 Å². The van der Waals surface area contributed by atoms with E-state index in [1.54, 1.807) is 23.2 Å². The van der Waals surface area contributed by atoms with Crippen molar-refractivity contribution < 1.29 is 14.6 Å². The maximum atomic E-state index is 11.3. The summed E-state index contributed by atoms with van der Waals surface area (Å²) < 4.78 is 6.16. The van der Waals surface area contributed by atoms with Gasteiger partial charge in [0.2, 0.25) is 6.23 Å². The summed E-state index contributed by atoms with van der Waals surface area (Å²) in [6.45, 7) is 0. The number of hydrogen-bond donors (Lipinski definition) is 0. The average molecular weight is 416 g/mol. The average Bonchev–Trinajstić information content (AvgIpc) is 3.24. The van der Waals surface area contributed by atoms with Gasteiger partial charge in [-0.3, -0.25) is 20.2 Å². The molecule has 0 radical (unpaired) electrons. The lowest BCUT2D eigenvalue weighted by atomic mass is 9.95. The van der Waals surface area contributed by atoms with E-state index in [9.17, 15) is 20.2 Å². The Morgan fingerprint density at radius 3 is 2.39 bits per heavy atom. The molecular weight excluding hydrogens is 400 g/mol. The van der Waals surface area contributed by atoms with Crippen LogP contribution in [-0.2, 0) is 0 Å². The van der Waals surface area contributed by atoms with Crippen molar-refractivity contribution in [2.24, 2.45) is 5.10 Å². The van der Waals surface area contributed by atoms with E-state index in [0.29, 0.717) is 23.3 Å². The fourth-order valence-electron chi connectivity index (χ4n) is 4.01. The number of fused-ring (bicyclic) bond motifs is 3. The van der Waals surface area contributed by atoms with E-state index in [0.717, 1.165) is 11.3 Å². The predicted octanol–water partition coefficient (Wildman–Crippen LogP) is 4.75. The van der Waals surface area contributed by atoms with Crippen LogP contribution in [0.25, 0.3) is 0 Å². The summed E-state index contributed by atoms with van der Waals surface area (Å²) in [5, 5.41) is 29.1. The summed E-state index contributed by atoms with van der Waals surface area (Å²) >= 11 is 0. The monoisotopic (exact) mass is 416 g/mol. The number of rotatable bonds is 4. The zero-order valence-electron chi connectivity index (χ0n) is 16.1. The summed E-state index contributed by atoms with van der Waals surface area (Å²) in [5.41, 5.74) is 2.96. The standard InChI is InChI=1S/C22H16N4O5/c27-25(28)16-8-4-7-15(11-16)22-24-20(13-19(23-24)14-5-2-1-3-6-14)18-12-17(26(29)30)9-10-21(18)31-22/h1-12,20,22H,13H2/t20-,22-/m1/s1. The Hall–Kier alpha value is -4.27. The minimum atomic E-state index is -0.694. The Bertz CT molecular complexity index is 1230. The van der Waals surface area contributed by atoms with Crippen molar-refractivity contribution in [2.45, 2.75) is 18.7 Å². The fraction of sp³-hybridized carbons (Fsp3) is 0.136.